The van der Waals surface area contributed by atoms with Crippen molar-refractivity contribution in [2.45, 2.75) is 45.1 Å². The molecule has 0 radical (unpaired) electrons. The number of anilines is 1. The lowest BCUT2D eigenvalue weighted by molar-refractivity contribution is -0.154. The van der Waals surface area contributed by atoms with Crippen molar-refractivity contribution in [3.63, 3.8) is 0 Å². The maximum absolute atomic E-state index is 12.7. The average molecular weight is 484 g/mol. The first-order valence-electron chi connectivity index (χ1n) is 11.1. The molecule has 4 aromatic rings. The van der Waals surface area contributed by atoms with Crippen LogP contribution in [0.1, 0.15) is 29.8 Å². The van der Waals surface area contributed by atoms with Crippen LogP contribution in [0, 0.1) is 6.92 Å². The van der Waals surface area contributed by atoms with Gasteiger partial charge in [-0.1, -0.05) is 18.2 Å². The Morgan fingerprint density at radius 1 is 1.11 bits per heavy atom. The smallest absolute Gasteiger partial charge is 0.422 e. The number of ether oxygens (including phenoxy) is 1. The molecule has 0 unspecified atom stereocenters. The minimum atomic E-state index is -4.45. The summed E-state index contributed by atoms with van der Waals surface area (Å²) in [7, 11) is 0. The van der Waals surface area contributed by atoms with Crippen LogP contribution in [0.15, 0.2) is 55.2 Å². The molecular weight excluding hydrogens is 461 g/mol. The van der Waals surface area contributed by atoms with Gasteiger partial charge in [-0.05, 0) is 43.5 Å². The summed E-state index contributed by atoms with van der Waals surface area (Å²) in [4.78, 5) is 10.2. The van der Waals surface area contributed by atoms with E-state index in [1.165, 1.54) is 12.5 Å². The Balaban J connectivity index is 1.38. The van der Waals surface area contributed by atoms with Gasteiger partial charge in [-0.25, -0.2) is 14.6 Å². The van der Waals surface area contributed by atoms with Crippen molar-refractivity contribution in [3.05, 3.63) is 72.2 Å². The molecule has 0 saturated heterocycles. The lowest BCUT2D eigenvalue weighted by atomic mass is 10.2. The minimum absolute atomic E-state index is 0.0504. The third-order valence-corrected chi connectivity index (χ3v) is 5.68. The van der Waals surface area contributed by atoms with Gasteiger partial charge in [0.25, 0.3) is 0 Å². The zero-order valence-corrected chi connectivity index (χ0v) is 18.9. The van der Waals surface area contributed by atoms with E-state index in [1.54, 1.807) is 23.1 Å². The van der Waals surface area contributed by atoms with Gasteiger partial charge in [0.1, 0.15) is 18.5 Å². The average Bonchev–Trinajstić information content (AvgIpc) is 3.41. The summed E-state index contributed by atoms with van der Waals surface area (Å²) in [6.07, 6.45) is 2.17. The Kier molecular flexibility index (Phi) is 6.10. The first kappa shape index (κ1) is 22.8. The Morgan fingerprint density at radius 3 is 2.60 bits per heavy atom. The van der Waals surface area contributed by atoms with Crippen LogP contribution in [0.2, 0.25) is 0 Å². The van der Waals surface area contributed by atoms with Crippen LogP contribution in [-0.2, 0) is 13.1 Å². The number of nitrogens with zero attached hydrogens (tertiary/aromatic N) is 8. The van der Waals surface area contributed by atoms with Crippen molar-refractivity contribution in [1.29, 1.82) is 0 Å². The standard InChI is InChI=1S/C23H23F3N8O/c1-16-30-31-22(32(16)12-18-3-2-10-28-21(18)35-13-23(24,25)26)33(19-8-9-19)11-17-4-6-20(7-5-17)34-15-27-14-29-34/h2-7,10,14-15,19H,8-9,11-13H2,1H3. The summed E-state index contributed by atoms with van der Waals surface area (Å²) in [5.41, 5.74) is 2.52. The number of aromatic nitrogens is 7. The topological polar surface area (TPSA) is 86.8 Å². The molecule has 182 valence electrons. The highest BCUT2D eigenvalue weighted by molar-refractivity contribution is 5.41. The molecule has 0 atom stereocenters. The quantitative estimate of drug-likeness (QED) is 0.358. The van der Waals surface area contributed by atoms with E-state index < -0.39 is 12.8 Å². The number of halogens is 3. The second-order valence-corrected chi connectivity index (χ2v) is 8.37. The van der Waals surface area contributed by atoms with E-state index in [2.05, 4.69) is 30.2 Å². The molecule has 3 aromatic heterocycles. The molecular formula is C23H23F3N8O. The van der Waals surface area contributed by atoms with E-state index in [4.69, 9.17) is 4.74 Å². The van der Waals surface area contributed by atoms with E-state index in [0.29, 0.717) is 29.9 Å². The molecule has 0 amide bonds. The van der Waals surface area contributed by atoms with Crippen molar-refractivity contribution < 1.29 is 17.9 Å². The zero-order chi connectivity index (χ0) is 24.4. The van der Waals surface area contributed by atoms with Crippen LogP contribution in [0.3, 0.4) is 0 Å². The summed E-state index contributed by atoms with van der Waals surface area (Å²) in [6.45, 7) is 1.28. The fourth-order valence-corrected chi connectivity index (χ4v) is 3.80. The van der Waals surface area contributed by atoms with Crippen molar-refractivity contribution in [1.82, 2.24) is 34.5 Å². The normalized spacial score (nSPS) is 13.7. The van der Waals surface area contributed by atoms with E-state index in [-0.39, 0.29) is 12.4 Å². The predicted molar refractivity (Wildman–Crippen MR) is 120 cm³/mol. The molecule has 1 aliphatic rings. The Bertz CT molecular complexity index is 1270. The Labute approximate surface area is 199 Å². The van der Waals surface area contributed by atoms with Gasteiger partial charge in [0.05, 0.1) is 12.2 Å². The third-order valence-electron chi connectivity index (χ3n) is 5.68. The van der Waals surface area contributed by atoms with Crippen molar-refractivity contribution in [2.75, 3.05) is 11.5 Å². The zero-order valence-electron chi connectivity index (χ0n) is 18.9. The van der Waals surface area contributed by atoms with Crippen LogP contribution in [0.25, 0.3) is 5.69 Å². The first-order chi connectivity index (χ1) is 16.9. The summed E-state index contributed by atoms with van der Waals surface area (Å²) >= 11 is 0. The first-order valence-corrected chi connectivity index (χ1v) is 11.1. The van der Waals surface area contributed by atoms with Crippen molar-refractivity contribution in [2.24, 2.45) is 0 Å². The largest absolute Gasteiger partial charge is 0.468 e. The summed E-state index contributed by atoms with van der Waals surface area (Å²) in [5, 5.41) is 12.8. The van der Waals surface area contributed by atoms with Crippen molar-refractivity contribution >= 4 is 5.95 Å². The third kappa shape index (κ3) is 5.42. The number of alkyl halides is 3. The Morgan fingerprint density at radius 2 is 1.91 bits per heavy atom. The van der Waals surface area contributed by atoms with Gasteiger partial charge in [-0.3, -0.25) is 4.57 Å². The van der Waals surface area contributed by atoms with E-state index in [1.807, 2.05) is 35.8 Å². The number of benzene rings is 1. The molecule has 9 nitrogen and oxygen atoms in total. The summed E-state index contributed by atoms with van der Waals surface area (Å²) in [6, 6.07) is 11.7. The van der Waals surface area contributed by atoms with E-state index >= 15 is 0 Å². The number of hydrogen-bond acceptors (Lipinski definition) is 7. The van der Waals surface area contributed by atoms with Crippen LogP contribution in [0.5, 0.6) is 5.88 Å². The molecule has 5 rings (SSSR count). The van der Waals surface area contributed by atoms with E-state index in [9.17, 15) is 13.2 Å². The molecule has 0 spiro atoms. The summed E-state index contributed by atoms with van der Waals surface area (Å²) in [5.74, 6) is 1.26. The second kappa shape index (κ2) is 9.35. The lowest BCUT2D eigenvalue weighted by Crippen LogP contribution is -2.29. The highest BCUT2D eigenvalue weighted by Crippen LogP contribution is 2.33. The van der Waals surface area contributed by atoms with Crippen LogP contribution < -0.4 is 9.64 Å². The van der Waals surface area contributed by atoms with Crippen LogP contribution >= 0.6 is 0 Å². The molecule has 1 saturated carbocycles. The van der Waals surface area contributed by atoms with Gasteiger partial charge in [0.2, 0.25) is 11.8 Å². The highest BCUT2D eigenvalue weighted by Gasteiger charge is 2.33. The molecule has 0 N–H and O–H groups in total. The SMILES string of the molecule is Cc1nnc(N(Cc2ccc(-n3cncn3)cc2)C2CC2)n1Cc1cccnc1OCC(F)(F)F. The number of hydrogen-bond donors (Lipinski definition) is 0. The Hall–Kier alpha value is -3.96. The molecule has 35 heavy (non-hydrogen) atoms. The van der Waals surface area contributed by atoms with Gasteiger partial charge >= 0.3 is 6.18 Å². The van der Waals surface area contributed by atoms with Gasteiger partial charge in [-0.2, -0.15) is 18.3 Å². The highest BCUT2D eigenvalue weighted by atomic mass is 19.4. The summed E-state index contributed by atoms with van der Waals surface area (Å²) < 4.78 is 46.6. The predicted octanol–water partition coefficient (Wildman–Crippen LogP) is 3.72. The van der Waals surface area contributed by atoms with Crippen LogP contribution in [0.4, 0.5) is 19.1 Å². The molecule has 1 fully saturated rings. The fraction of sp³-hybridized carbons (Fsp3) is 0.348. The number of pyridine rings is 1. The minimum Gasteiger partial charge on any atom is -0.468 e. The monoisotopic (exact) mass is 484 g/mol. The molecule has 0 bridgehead atoms. The molecule has 12 heteroatoms. The maximum Gasteiger partial charge on any atom is 0.422 e. The van der Waals surface area contributed by atoms with E-state index in [0.717, 1.165) is 24.1 Å². The molecule has 1 aliphatic carbocycles. The lowest BCUT2D eigenvalue weighted by Gasteiger charge is -2.24. The van der Waals surface area contributed by atoms with Gasteiger partial charge in [-0.15, -0.1) is 10.2 Å². The second-order valence-electron chi connectivity index (χ2n) is 8.37. The van der Waals surface area contributed by atoms with Gasteiger partial charge in [0, 0.05) is 24.3 Å². The number of rotatable bonds is 9. The molecule has 0 aliphatic heterocycles. The van der Waals surface area contributed by atoms with Crippen LogP contribution in [-0.4, -0.2) is 53.3 Å². The fourth-order valence-electron chi connectivity index (χ4n) is 3.80. The number of aryl methyl sites for hydroxylation is 1. The van der Waals surface area contributed by atoms with Gasteiger partial charge in [0.15, 0.2) is 6.61 Å². The molecule has 3 heterocycles. The maximum atomic E-state index is 12.7. The van der Waals surface area contributed by atoms with Gasteiger partial charge < -0.3 is 9.64 Å². The van der Waals surface area contributed by atoms with Crippen molar-refractivity contribution in [3.8, 4) is 11.6 Å². The molecule has 1 aromatic carbocycles.